The minimum absolute atomic E-state index is 0.0948. The number of benzene rings is 2. The van der Waals surface area contributed by atoms with Crippen molar-refractivity contribution in [2.45, 2.75) is 20.0 Å². The molecule has 1 heterocycles. The Hall–Kier alpha value is -2.85. The minimum Gasteiger partial charge on any atom is -0.489 e. The molecule has 0 spiro atoms. The van der Waals surface area contributed by atoms with Crippen molar-refractivity contribution in [3.63, 3.8) is 0 Å². The van der Waals surface area contributed by atoms with Gasteiger partial charge in [0.1, 0.15) is 18.2 Å². The lowest BCUT2D eigenvalue weighted by atomic mass is 10.1. The van der Waals surface area contributed by atoms with Crippen LogP contribution in [0.5, 0.6) is 5.75 Å². The summed E-state index contributed by atoms with van der Waals surface area (Å²) in [7, 11) is 0. The zero-order valence-corrected chi connectivity index (χ0v) is 15.2. The van der Waals surface area contributed by atoms with Crippen LogP contribution in [0.4, 0.5) is 5.82 Å². The van der Waals surface area contributed by atoms with Crippen LogP contribution in [0.2, 0.25) is 5.02 Å². The van der Waals surface area contributed by atoms with E-state index in [2.05, 4.69) is 10.3 Å². The van der Waals surface area contributed by atoms with Gasteiger partial charge in [0.15, 0.2) is 0 Å². The second kappa shape index (κ2) is 8.50. The summed E-state index contributed by atoms with van der Waals surface area (Å²) in [4.78, 5) is 16.5. The molecule has 132 valence electrons. The molecule has 4 nitrogen and oxygen atoms in total. The Balaban J connectivity index is 1.59. The highest BCUT2D eigenvalue weighted by molar-refractivity contribution is 6.30. The summed E-state index contributed by atoms with van der Waals surface area (Å²) in [6.45, 7) is 2.38. The number of anilines is 1. The predicted molar refractivity (Wildman–Crippen MR) is 104 cm³/mol. The second-order valence-electron chi connectivity index (χ2n) is 5.94. The van der Waals surface area contributed by atoms with Crippen LogP contribution in [0.25, 0.3) is 0 Å². The molecule has 1 amide bonds. The summed E-state index contributed by atoms with van der Waals surface area (Å²) in [6.07, 6.45) is 1.98. The third-order valence-electron chi connectivity index (χ3n) is 3.92. The third-order valence-corrected chi connectivity index (χ3v) is 4.18. The molecule has 5 heteroatoms. The van der Waals surface area contributed by atoms with E-state index in [1.165, 1.54) is 0 Å². The minimum atomic E-state index is -0.0948. The van der Waals surface area contributed by atoms with Crippen LogP contribution < -0.4 is 10.1 Å². The van der Waals surface area contributed by atoms with Crippen LogP contribution in [0.15, 0.2) is 66.9 Å². The molecule has 0 saturated heterocycles. The Morgan fingerprint density at radius 3 is 2.65 bits per heavy atom. The number of rotatable bonds is 6. The number of aryl methyl sites for hydroxylation is 1. The average Bonchev–Trinajstić information content (AvgIpc) is 2.63. The first-order valence-electron chi connectivity index (χ1n) is 8.28. The van der Waals surface area contributed by atoms with Crippen molar-refractivity contribution in [1.29, 1.82) is 0 Å². The largest absolute Gasteiger partial charge is 0.489 e. The molecule has 0 saturated carbocycles. The van der Waals surface area contributed by atoms with Gasteiger partial charge in [0.25, 0.3) is 0 Å². The Morgan fingerprint density at radius 1 is 1.12 bits per heavy atom. The van der Waals surface area contributed by atoms with Crippen molar-refractivity contribution in [3.8, 4) is 5.75 Å². The molecule has 26 heavy (non-hydrogen) atoms. The van der Waals surface area contributed by atoms with Crippen LogP contribution in [0.3, 0.4) is 0 Å². The molecule has 3 aromatic rings. The fourth-order valence-electron chi connectivity index (χ4n) is 2.50. The number of amides is 1. The summed E-state index contributed by atoms with van der Waals surface area (Å²) in [5.41, 5.74) is 3.02. The molecule has 0 radical (unpaired) electrons. The van der Waals surface area contributed by atoms with E-state index in [0.717, 1.165) is 22.4 Å². The normalized spacial score (nSPS) is 10.4. The summed E-state index contributed by atoms with van der Waals surface area (Å²) in [6, 6.07) is 18.7. The molecule has 3 rings (SSSR count). The zero-order chi connectivity index (χ0) is 18.4. The van der Waals surface area contributed by atoms with Gasteiger partial charge < -0.3 is 10.1 Å². The van der Waals surface area contributed by atoms with Crippen LogP contribution in [-0.4, -0.2) is 10.9 Å². The number of ether oxygens (including phenoxy) is 1. The highest BCUT2D eigenvalue weighted by Crippen LogP contribution is 2.17. The van der Waals surface area contributed by atoms with Gasteiger partial charge >= 0.3 is 0 Å². The Bertz CT molecular complexity index is 895. The van der Waals surface area contributed by atoms with E-state index in [4.69, 9.17) is 16.3 Å². The number of nitrogens with one attached hydrogen (secondary N) is 1. The number of pyridine rings is 1. The molecule has 2 aromatic carbocycles. The van der Waals surface area contributed by atoms with Gasteiger partial charge in [-0.1, -0.05) is 35.9 Å². The number of carbonyl (C=O) groups is 1. The first kappa shape index (κ1) is 18.0. The van der Waals surface area contributed by atoms with Gasteiger partial charge in [0, 0.05) is 11.2 Å². The Morgan fingerprint density at radius 2 is 1.88 bits per heavy atom. The maximum atomic E-state index is 12.3. The topological polar surface area (TPSA) is 51.2 Å². The van der Waals surface area contributed by atoms with E-state index in [9.17, 15) is 4.79 Å². The summed E-state index contributed by atoms with van der Waals surface area (Å²) in [5.74, 6) is 1.15. The van der Waals surface area contributed by atoms with Crippen molar-refractivity contribution < 1.29 is 9.53 Å². The monoisotopic (exact) mass is 366 g/mol. The number of nitrogens with zero attached hydrogens (tertiary/aromatic N) is 1. The molecular formula is C21H19ClN2O2. The Labute approximate surface area is 157 Å². The fourth-order valence-corrected chi connectivity index (χ4v) is 2.62. The first-order chi connectivity index (χ1) is 12.6. The Kier molecular flexibility index (Phi) is 5.87. The summed E-state index contributed by atoms with van der Waals surface area (Å²) in [5, 5.41) is 3.51. The summed E-state index contributed by atoms with van der Waals surface area (Å²) < 4.78 is 5.72. The molecule has 0 unspecified atom stereocenters. The van der Waals surface area contributed by atoms with Crippen LogP contribution >= 0.6 is 11.6 Å². The lowest BCUT2D eigenvalue weighted by molar-refractivity contribution is -0.115. The number of aromatic nitrogens is 1. The number of carbonyl (C=O) groups excluding carboxylic acids is 1. The lowest BCUT2D eigenvalue weighted by Gasteiger charge is -2.09. The average molecular weight is 367 g/mol. The highest BCUT2D eigenvalue weighted by atomic mass is 35.5. The quantitative estimate of drug-likeness (QED) is 0.681. The SMILES string of the molecule is Cc1ccccc1CC(=O)Nc1cc(COc2ccc(Cl)cc2)ccn1. The van der Waals surface area contributed by atoms with E-state index >= 15 is 0 Å². The predicted octanol–water partition coefficient (Wildman–Crippen LogP) is 4.80. The van der Waals surface area contributed by atoms with Crippen LogP contribution in [-0.2, 0) is 17.8 Å². The number of hydrogen-bond acceptors (Lipinski definition) is 3. The molecule has 1 aromatic heterocycles. The van der Waals surface area contributed by atoms with Crippen molar-refractivity contribution in [2.24, 2.45) is 0 Å². The molecule has 0 aliphatic carbocycles. The van der Waals surface area contributed by atoms with Crippen molar-refractivity contribution in [3.05, 3.63) is 88.6 Å². The van der Waals surface area contributed by atoms with Gasteiger partial charge in [-0.05, 0) is 60.0 Å². The van der Waals surface area contributed by atoms with E-state index in [1.54, 1.807) is 18.3 Å². The molecule has 0 atom stereocenters. The van der Waals surface area contributed by atoms with E-state index in [1.807, 2.05) is 55.5 Å². The maximum absolute atomic E-state index is 12.3. The van der Waals surface area contributed by atoms with Gasteiger partial charge in [-0.25, -0.2) is 4.98 Å². The second-order valence-corrected chi connectivity index (χ2v) is 6.38. The zero-order valence-electron chi connectivity index (χ0n) is 14.4. The van der Waals surface area contributed by atoms with E-state index in [0.29, 0.717) is 23.9 Å². The van der Waals surface area contributed by atoms with Gasteiger partial charge in [-0.2, -0.15) is 0 Å². The first-order valence-corrected chi connectivity index (χ1v) is 8.65. The van der Waals surface area contributed by atoms with Crippen LogP contribution in [0, 0.1) is 6.92 Å². The van der Waals surface area contributed by atoms with E-state index < -0.39 is 0 Å². The highest BCUT2D eigenvalue weighted by Gasteiger charge is 2.07. The van der Waals surface area contributed by atoms with Gasteiger partial charge in [0.2, 0.25) is 5.91 Å². The molecule has 1 N–H and O–H groups in total. The van der Waals surface area contributed by atoms with Gasteiger partial charge in [0.05, 0.1) is 6.42 Å². The maximum Gasteiger partial charge on any atom is 0.229 e. The third kappa shape index (κ3) is 5.07. The van der Waals surface area contributed by atoms with Crippen molar-refractivity contribution in [1.82, 2.24) is 4.98 Å². The molecule has 0 aliphatic rings. The fraction of sp³-hybridized carbons (Fsp3) is 0.143. The number of hydrogen-bond donors (Lipinski definition) is 1. The smallest absolute Gasteiger partial charge is 0.229 e. The van der Waals surface area contributed by atoms with Gasteiger partial charge in [-0.15, -0.1) is 0 Å². The van der Waals surface area contributed by atoms with E-state index in [-0.39, 0.29) is 5.91 Å². The van der Waals surface area contributed by atoms with Crippen molar-refractivity contribution in [2.75, 3.05) is 5.32 Å². The molecule has 0 bridgehead atoms. The molecule has 0 fully saturated rings. The van der Waals surface area contributed by atoms with Gasteiger partial charge in [-0.3, -0.25) is 4.79 Å². The lowest BCUT2D eigenvalue weighted by Crippen LogP contribution is -2.16. The summed E-state index contributed by atoms with van der Waals surface area (Å²) >= 11 is 5.86. The number of halogens is 1. The van der Waals surface area contributed by atoms with Crippen molar-refractivity contribution >= 4 is 23.3 Å². The molecular weight excluding hydrogens is 348 g/mol. The standard InChI is InChI=1S/C21H19ClN2O2/c1-15-4-2-3-5-17(15)13-21(25)24-20-12-16(10-11-23-20)14-26-19-8-6-18(22)7-9-19/h2-12H,13-14H2,1H3,(H,23,24,25). The van der Waals surface area contributed by atoms with Crippen LogP contribution in [0.1, 0.15) is 16.7 Å². The molecule has 0 aliphatic heterocycles.